The molecule has 0 saturated carbocycles. The molecule has 0 saturated heterocycles. The molecule has 252 valence electrons. The topological polar surface area (TPSA) is 132 Å². The molecule has 0 spiro atoms. The van der Waals surface area contributed by atoms with E-state index in [1.54, 1.807) is 59.5 Å². The molecule has 0 fully saturated rings. The maximum atomic E-state index is 13.9. The van der Waals surface area contributed by atoms with Crippen molar-refractivity contribution >= 4 is 43.4 Å². The number of halogens is 1. The van der Waals surface area contributed by atoms with Gasteiger partial charge in [0.2, 0.25) is 11.8 Å². The van der Waals surface area contributed by atoms with Crippen molar-refractivity contribution in [2.75, 3.05) is 24.8 Å². The Balaban J connectivity index is 1.33. The largest absolute Gasteiger partial charge is 0.444 e. The third-order valence-corrected chi connectivity index (χ3v) is 10.2. The number of amides is 3. The molecule has 5 rings (SSSR count). The number of anilines is 1. The first-order valence-corrected chi connectivity index (χ1v) is 19.9. The predicted octanol–water partition coefficient (Wildman–Crippen LogP) is 5.40. The van der Waals surface area contributed by atoms with Gasteiger partial charge in [-0.25, -0.2) is 19.4 Å². The number of hydrogen-bond donors (Lipinski definition) is 1. The molecular weight excluding hydrogens is 638 g/mol. The van der Waals surface area contributed by atoms with E-state index >= 15 is 0 Å². The lowest BCUT2D eigenvalue weighted by Crippen LogP contribution is -2.40. The molecule has 1 atom stereocenters. The summed E-state index contributed by atoms with van der Waals surface area (Å²) in [6.07, 6.45) is 2.70. The number of aromatic nitrogens is 4. The van der Waals surface area contributed by atoms with Crippen LogP contribution >= 0.6 is 11.6 Å². The summed E-state index contributed by atoms with van der Waals surface area (Å²) in [4.78, 5) is 52.2. The molecule has 1 N–H and O–H groups in total. The average Bonchev–Trinajstić information content (AvgIpc) is 3.61. The standard InChI is InChI=1S/C33H44ClN7O5Si/c1-32(2,3)46-31(44)35-15-24(21-9-11-23(34)12-10-21)29(42)39-16-22-17-41(38-25(22)18-39)28-26-27(36-19-37-28)40(30(43)33(26,4)5)20-45-13-14-47(6,7)8/h9-12,17,19,24H,13-16,18,20H2,1-8H3,(H,35,44). The van der Waals surface area contributed by atoms with Crippen molar-refractivity contribution in [3.63, 3.8) is 0 Å². The maximum Gasteiger partial charge on any atom is 0.407 e. The van der Waals surface area contributed by atoms with Gasteiger partial charge in [0.25, 0.3) is 0 Å². The minimum Gasteiger partial charge on any atom is -0.444 e. The molecule has 4 heterocycles. The first-order valence-electron chi connectivity index (χ1n) is 15.8. The zero-order valence-corrected chi connectivity index (χ0v) is 30.1. The summed E-state index contributed by atoms with van der Waals surface area (Å²) in [7, 11) is -1.28. The highest BCUT2D eigenvalue weighted by atomic mass is 35.5. The van der Waals surface area contributed by atoms with Gasteiger partial charge in [0.05, 0.1) is 29.1 Å². The zero-order valence-electron chi connectivity index (χ0n) is 28.4. The second kappa shape index (κ2) is 13.0. The molecule has 14 heteroatoms. The van der Waals surface area contributed by atoms with Crippen molar-refractivity contribution in [1.82, 2.24) is 30.0 Å². The Morgan fingerprint density at radius 2 is 1.77 bits per heavy atom. The van der Waals surface area contributed by atoms with Crippen LogP contribution in [0.1, 0.15) is 62.9 Å². The van der Waals surface area contributed by atoms with Gasteiger partial charge in [-0.15, -0.1) is 0 Å². The van der Waals surface area contributed by atoms with E-state index in [-0.39, 0.29) is 31.6 Å². The van der Waals surface area contributed by atoms with Gasteiger partial charge >= 0.3 is 6.09 Å². The number of benzene rings is 1. The van der Waals surface area contributed by atoms with Gasteiger partial charge in [0.15, 0.2) is 5.82 Å². The third kappa shape index (κ3) is 7.68. The van der Waals surface area contributed by atoms with Crippen LogP contribution in [-0.4, -0.2) is 76.1 Å². The highest BCUT2D eigenvalue weighted by Gasteiger charge is 2.48. The Morgan fingerprint density at radius 3 is 2.40 bits per heavy atom. The Hall–Kier alpha value is -3.81. The number of rotatable bonds is 10. The number of ether oxygens (including phenoxy) is 2. The smallest absolute Gasteiger partial charge is 0.407 e. The summed E-state index contributed by atoms with van der Waals surface area (Å²) in [5, 5.41) is 8.12. The van der Waals surface area contributed by atoms with Crippen LogP contribution in [0.4, 0.5) is 10.6 Å². The molecule has 3 aromatic rings. The van der Waals surface area contributed by atoms with E-state index in [1.165, 1.54) is 6.33 Å². The lowest BCUT2D eigenvalue weighted by atomic mass is 9.87. The summed E-state index contributed by atoms with van der Waals surface area (Å²) in [5.41, 5.74) is 1.45. The van der Waals surface area contributed by atoms with Gasteiger partial charge in [0, 0.05) is 44.6 Å². The predicted molar refractivity (Wildman–Crippen MR) is 181 cm³/mol. The van der Waals surface area contributed by atoms with Gasteiger partial charge in [-0.2, -0.15) is 5.10 Å². The molecule has 2 aromatic heterocycles. The number of nitrogens with zero attached hydrogens (tertiary/aromatic N) is 6. The van der Waals surface area contributed by atoms with E-state index < -0.39 is 31.1 Å². The van der Waals surface area contributed by atoms with Gasteiger partial charge in [-0.05, 0) is 58.4 Å². The van der Waals surface area contributed by atoms with E-state index in [9.17, 15) is 14.4 Å². The van der Waals surface area contributed by atoms with Crippen LogP contribution in [-0.2, 0) is 37.6 Å². The van der Waals surface area contributed by atoms with Gasteiger partial charge < -0.3 is 19.7 Å². The second-order valence-electron chi connectivity index (χ2n) is 14.8. The molecule has 12 nitrogen and oxygen atoms in total. The fourth-order valence-electron chi connectivity index (χ4n) is 5.68. The van der Waals surface area contributed by atoms with Crippen LogP contribution in [0.15, 0.2) is 36.8 Å². The molecule has 0 radical (unpaired) electrons. The van der Waals surface area contributed by atoms with Gasteiger partial charge in [-0.3, -0.25) is 14.5 Å². The van der Waals surface area contributed by atoms with Crippen LogP contribution < -0.4 is 10.2 Å². The van der Waals surface area contributed by atoms with Crippen molar-refractivity contribution in [1.29, 1.82) is 0 Å². The number of nitrogens with one attached hydrogen (secondary N) is 1. The van der Waals surface area contributed by atoms with Crippen LogP contribution in [0.3, 0.4) is 0 Å². The van der Waals surface area contributed by atoms with Crippen molar-refractivity contribution in [2.45, 2.75) is 90.3 Å². The van der Waals surface area contributed by atoms with Crippen LogP contribution in [0.2, 0.25) is 30.7 Å². The fourth-order valence-corrected chi connectivity index (χ4v) is 6.56. The lowest BCUT2D eigenvalue weighted by molar-refractivity contribution is -0.133. The summed E-state index contributed by atoms with van der Waals surface area (Å²) < 4.78 is 13.0. The third-order valence-electron chi connectivity index (χ3n) is 8.21. The monoisotopic (exact) mass is 681 g/mol. The fraction of sp³-hybridized carbons (Fsp3) is 0.515. The van der Waals surface area contributed by atoms with Gasteiger partial charge in [0.1, 0.15) is 24.5 Å². The number of alkyl carbamates (subject to hydrolysis) is 1. The van der Waals surface area contributed by atoms with Crippen molar-refractivity contribution in [3.05, 3.63) is 64.2 Å². The Labute approximate surface area is 281 Å². The summed E-state index contributed by atoms with van der Waals surface area (Å²) in [6.45, 7) is 17.3. The number of carbonyl (C=O) groups is 3. The highest BCUT2D eigenvalue weighted by molar-refractivity contribution is 6.76. The molecule has 1 aromatic carbocycles. The quantitative estimate of drug-likeness (QED) is 0.222. The minimum atomic E-state index is -1.28. The Kier molecular flexibility index (Phi) is 9.55. The molecule has 1 unspecified atom stereocenters. The molecule has 0 aliphatic carbocycles. The van der Waals surface area contributed by atoms with E-state index in [4.69, 9.17) is 26.2 Å². The van der Waals surface area contributed by atoms with Crippen LogP contribution in [0.5, 0.6) is 0 Å². The van der Waals surface area contributed by atoms with E-state index in [0.29, 0.717) is 35.4 Å². The lowest BCUT2D eigenvalue weighted by Gasteiger charge is -2.25. The van der Waals surface area contributed by atoms with Crippen LogP contribution in [0, 0.1) is 0 Å². The van der Waals surface area contributed by atoms with E-state index in [2.05, 4.69) is 34.9 Å². The number of hydrogen-bond acceptors (Lipinski definition) is 8. The normalized spacial score (nSPS) is 16.2. The zero-order chi connectivity index (χ0) is 34.3. The summed E-state index contributed by atoms with van der Waals surface area (Å²) in [6, 6.07) is 8.02. The average molecular weight is 682 g/mol. The SMILES string of the molecule is CC(C)(C)OC(=O)NCC(C(=O)N1Cc2cn(-c3ncnc4c3C(C)(C)C(=O)N4COCC[Si](C)(C)C)nc2C1)c1ccc(Cl)cc1. The van der Waals surface area contributed by atoms with Crippen LogP contribution in [0.25, 0.3) is 5.82 Å². The Bertz CT molecular complexity index is 1640. The first kappa shape index (κ1) is 34.5. The molecule has 3 amide bonds. The molecule has 2 aliphatic rings. The first-order chi connectivity index (χ1) is 21.9. The summed E-state index contributed by atoms with van der Waals surface area (Å²) in [5.74, 6) is 0.116. The van der Waals surface area contributed by atoms with E-state index in [1.807, 2.05) is 20.0 Å². The molecule has 2 aliphatic heterocycles. The molecule has 0 bridgehead atoms. The maximum absolute atomic E-state index is 13.9. The van der Waals surface area contributed by atoms with Gasteiger partial charge in [-0.1, -0.05) is 43.4 Å². The molecular formula is C33H44ClN7O5Si. The van der Waals surface area contributed by atoms with E-state index in [0.717, 1.165) is 22.9 Å². The second-order valence-corrected chi connectivity index (χ2v) is 20.9. The Morgan fingerprint density at radius 1 is 1.09 bits per heavy atom. The highest BCUT2D eigenvalue weighted by Crippen LogP contribution is 2.43. The minimum absolute atomic E-state index is 0.0536. The number of fused-ring (bicyclic) bond motifs is 2. The van der Waals surface area contributed by atoms with Crippen molar-refractivity contribution in [3.8, 4) is 5.82 Å². The van der Waals surface area contributed by atoms with Crippen molar-refractivity contribution < 1.29 is 23.9 Å². The molecule has 47 heavy (non-hydrogen) atoms. The summed E-state index contributed by atoms with van der Waals surface area (Å²) >= 11 is 6.12. The number of carbonyl (C=O) groups excluding carboxylic acids is 3. The van der Waals surface area contributed by atoms with Crippen molar-refractivity contribution in [2.24, 2.45) is 0 Å².